The molecule has 24 heavy (non-hydrogen) atoms. The second-order valence-electron chi connectivity index (χ2n) is 6.04. The molecule has 0 atom stereocenters. The Bertz CT molecular complexity index is 826. The number of nitrogens with zero attached hydrogens (tertiary/aromatic N) is 2. The highest BCUT2D eigenvalue weighted by Gasteiger charge is 2.34. The second-order valence-corrected chi connectivity index (χ2v) is 7.02. The Balaban J connectivity index is 1.68. The molecule has 0 radical (unpaired) electrons. The van der Waals surface area contributed by atoms with Gasteiger partial charge in [0, 0.05) is 23.2 Å². The van der Waals surface area contributed by atoms with Gasteiger partial charge in [-0.2, -0.15) is 0 Å². The highest BCUT2D eigenvalue weighted by molar-refractivity contribution is 7.09. The van der Waals surface area contributed by atoms with E-state index in [9.17, 15) is 4.79 Å². The van der Waals surface area contributed by atoms with E-state index in [1.165, 1.54) is 0 Å². The van der Waals surface area contributed by atoms with Crippen molar-refractivity contribution in [2.45, 2.75) is 19.4 Å². The lowest BCUT2D eigenvalue weighted by atomic mass is 10.0. The summed E-state index contributed by atoms with van der Waals surface area (Å²) in [5.41, 5.74) is 3.23. The van der Waals surface area contributed by atoms with Gasteiger partial charge < -0.3 is 4.90 Å². The maximum absolute atomic E-state index is 12.8. The molecule has 3 aromatic rings. The van der Waals surface area contributed by atoms with Crippen LogP contribution in [0.1, 0.15) is 17.8 Å². The molecule has 120 valence electrons. The van der Waals surface area contributed by atoms with Crippen molar-refractivity contribution < 1.29 is 4.79 Å². The minimum Gasteiger partial charge on any atom is -0.305 e. The Morgan fingerprint density at radius 1 is 1.08 bits per heavy atom. The van der Waals surface area contributed by atoms with Gasteiger partial charge in [-0.1, -0.05) is 42.5 Å². The summed E-state index contributed by atoms with van der Waals surface area (Å²) < 4.78 is 0. The van der Waals surface area contributed by atoms with Crippen LogP contribution in [0.3, 0.4) is 0 Å². The summed E-state index contributed by atoms with van der Waals surface area (Å²) in [6.07, 6.45) is 3.80. The van der Waals surface area contributed by atoms with Crippen molar-refractivity contribution in [3.05, 3.63) is 71.2 Å². The van der Waals surface area contributed by atoms with Crippen molar-refractivity contribution in [3.8, 4) is 11.1 Å². The molecule has 1 amide bonds. The Morgan fingerprint density at radius 2 is 1.88 bits per heavy atom. The molecule has 0 unspecified atom stereocenters. The van der Waals surface area contributed by atoms with E-state index in [-0.39, 0.29) is 11.8 Å². The Hall–Kier alpha value is -2.46. The van der Waals surface area contributed by atoms with Crippen LogP contribution in [0.5, 0.6) is 0 Å². The number of aromatic nitrogens is 1. The van der Waals surface area contributed by atoms with Gasteiger partial charge in [-0.3, -0.25) is 4.79 Å². The number of hydrogen-bond donors (Lipinski definition) is 0. The van der Waals surface area contributed by atoms with Crippen LogP contribution in [0.25, 0.3) is 11.1 Å². The van der Waals surface area contributed by atoms with Gasteiger partial charge >= 0.3 is 0 Å². The molecule has 0 saturated heterocycles. The molecule has 1 aromatic heterocycles. The van der Waals surface area contributed by atoms with Crippen LogP contribution in [-0.2, 0) is 11.3 Å². The van der Waals surface area contributed by atoms with E-state index in [2.05, 4.69) is 29.2 Å². The molecule has 1 heterocycles. The lowest BCUT2D eigenvalue weighted by molar-refractivity contribution is -0.119. The van der Waals surface area contributed by atoms with Gasteiger partial charge in [0.05, 0.1) is 6.54 Å². The quantitative estimate of drug-likeness (QED) is 0.674. The third-order valence-corrected chi connectivity index (χ3v) is 5.00. The minimum absolute atomic E-state index is 0.186. The molecule has 1 aliphatic rings. The van der Waals surface area contributed by atoms with E-state index in [4.69, 9.17) is 0 Å². The largest absolute Gasteiger partial charge is 0.305 e. The molecule has 0 N–H and O–H groups in total. The van der Waals surface area contributed by atoms with Crippen LogP contribution in [0.15, 0.2) is 66.2 Å². The molecule has 1 fully saturated rings. The summed E-state index contributed by atoms with van der Waals surface area (Å²) in [6.45, 7) is 0.547. The van der Waals surface area contributed by atoms with Crippen LogP contribution in [0.4, 0.5) is 5.69 Å². The molecule has 2 aromatic carbocycles. The second kappa shape index (κ2) is 6.57. The van der Waals surface area contributed by atoms with Crippen LogP contribution in [0, 0.1) is 5.92 Å². The number of hydrogen-bond acceptors (Lipinski definition) is 3. The Kier molecular flexibility index (Phi) is 4.13. The zero-order chi connectivity index (χ0) is 16.4. The van der Waals surface area contributed by atoms with Gasteiger partial charge in [-0.15, -0.1) is 11.3 Å². The normalized spacial score (nSPS) is 13.7. The van der Waals surface area contributed by atoms with E-state index in [0.717, 1.165) is 34.7 Å². The third kappa shape index (κ3) is 3.24. The molecule has 1 saturated carbocycles. The van der Waals surface area contributed by atoms with Gasteiger partial charge in [0.25, 0.3) is 0 Å². The minimum atomic E-state index is 0.186. The summed E-state index contributed by atoms with van der Waals surface area (Å²) in [4.78, 5) is 19.0. The van der Waals surface area contributed by atoms with Gasteiger partial charge in [0.15, 0.2) is 0 Å². The van der Waals surface area contributed by atoms with Crippen molar-refractivity contribution in [2.24, 2.45) is 5.92 Å². The average molecular weight is 334 g/mol. The van der Waals surface area contributed by atoms with Gasteiger partial charge in [-0.05, 0) is 36.1 Å². The first kappa shape index (κ1) is 15.1. The highest BCUT2D eigenvalue weighted by atomic mass is 32.1. The van der Waals surface area contributed by atoms with E-state index >= 15 is 0 Å². The molecule has 4 heteroatoms. The average Bonchev–Trinajstić information content (AvgIpc) is 3.37. The van der Waals surface area contributed by atoms with Crippen molar-refractivity contribution >= 4 is 22.9 Å². The molecule has 4 rings (SSSR count). The van der Waals surface area contributed by atoms with Crippen LogP contribution >= 0.6 is 11.3 Å². The van der Waals surface area contributed by atoms with E-state index < -0.39 is 0 Å². The standard InChI is InChI=1S/C20H18N2OS/c23-20(16-9-10-16)22(14-19-21-11-12-24-19)18-8-4-7-17(13-18)15-5-2-1-3-6-15/h1-8,11-13,16H,9-10,14H2. The molecule has 3 nitrogen and oxygen atoms in total. The summed E-state index contributed by atoms with van der Waals surface area (Å²) in [7, 11) is 0. The van der Waals surface area contributed by atoms with E-state index in [1.807, 2.05) is 40.6 Å². The van der Waals surface area contributed by atoms with Crippen LogP contribution in [0.2, 0.25) is 0 Å². The fourth-order valence-corrected chi connectivity index (χ4v) is 3.40. The lowest BCUT2D eigenvalue weighted by Gasteiger charge is -2.22. The zero-order valence-corrected chi connectivity index (χ0v) is 14.1. The monoisotopic (exact) mass is 334 g/mol. The van der Waals surface area contributed by atoms with Crippen LogP contribution in [-0.4, -0.2) is 10.9 Å². The van der Waals surface area contributed by atoms with Gasteiger partial charge in [0.1, 0.15) is 5.01 Å². The number of thiazole rings is 1. The fourth-order valence-electron chi connectivity index (χ4n) is 2.80. The summed E-state index contributed by atoms with van der Waals surface area (Å²) in [6, 6.07) is 18.5. The molecular formula is C20H18N2OS. The zero-order valence-electron chi connectivity index (χ0n) is 13.3. The Morgan fingerprint density at radius 3 is 2.58 bits per heavy atom. The highest BCUT2D eigenvalue weighted by Crippen LogP contribution is 2.34. The molecule has 0 spiro atoms. The number of benzene rings is 2. The number of anilines is 1. The van der Waals surface area contributed by atoms with Crippen molar-refractivity contribution in [1.29, 1.82) is 0 Å². The van der Waals surface area contributed by atoms with Crippen LogP contribution < -0.4 is 4.90 Å². The Labute approximate surface area is 145 Å². The fraction of sp³-hybridized carbons (Fsp3) is 0.200. The number of amides is 1. The lowest BCUT2D eigenvalue weighted by Crippen LogP contribution is -2.31. The predicted octanol–water partition coefficient (Wildman–Crippen LogP) is 4.75. The van der Waals surface area contributed by atoms with Crippen molar-refractivity contribution in [3.63, 3.8) is 0 Å². The number of carbonyl (C=O) groups excluding carboxylic acids is 1. The smallest absolute Gasteiger partial charge is 0.230 e. The predicted molar refractivity (Wildman–Crippen MR) is 97.9 cm³/mol. The summed E-state index contributed by atoms with van der Waals surface area (Å²) in [5.74, 6) is 0.403. The molecule has 0 bridgehead atoms. The molecule has 0 aliphatic heterocycles. The number of carbonyl (C=O) groups is 1. The molecule has 1 aliphatic carbocycles. The van der Waals surface area contributed by atoms with E-state index in [1.54, 1.807) is 17.5 Å². The SMILES string of the molecule is O=C(C1CC1)N(Cc1nccs1)c1cccc(-c2ccccc2)c1. The summed E-state index contributed by atoms with van der Waals surface area (Å²) >= 11 is 1.59. The van der Waals surface area contributed by atoms with Gasteiger partial charge in [0.2, 0.25) is 5.91 Å². The first-order valence-electron chi connectivity index (χ1n) is 8.16. The molecular weight excluding hydrogens is 316 g/mol. The number of rotatable bonds is 5. The van der Waals surface area contributed by atoms with E-state index in [0.29, 0.717) is 6.54 Å². The van der Waals surface area contributed by atoms with Crippen molar-refractivity contribution in [1.82, 2.24) is 4.98 Å². The third-order valence-electron chi connectivity index (χ3n) is 4.23. The maximum atomic E-state index is 12.8. The summed E-state index contributed by atoms with van der Waals surface area (Å²) in [5, 5.41) is 2.92. The van der Waals surface area contributed by atoms with Gasteiger partial charge in [-0.25, -0.2) is 4.98 Å². The first-order valence-corrected chi connectivity index (χ1v) is 9.04. The van der Waals surface area contributed by atoms with Crippen molar-refractivity contribution in [2.75, 3.05) is 4.90 Å². The topological polar surface area (TPSA) is 33.2 Å². The first-order chi connectivity index (χ1) is 11.8. The maximum Gasteiger partial charge on any atom is 0.230 e.